The van der Waals surface area contributed by atoms with Gasteiger partial charge in [-0.2, -0.15) is 0 Å². The minimum Gasteiger partial charge on any atom is -0.494 e. The molecule has 0 saturated heterocycles. The number of amides is 1. The molecule has 2 aromatic rings. The van der Waals surface area contributed by atoms with E-state index in [0.717, 1.165) is 12.0 Å². The largest absolute Gasteiger partial charge is 0.494 e. The summed E-state index contributed by atoms with van der Waals surface area (Å²) in [7, 11) is 1.37. The monoisotopic (exact) mass is 372 g/mol. The number of fused-ring (bicyclic) bond motifs is 1. The van der Waals surface area contributed by atoms with E-state index in [1.807, 2.05) is 26.0 Å². The van der Waals surface area contributed by atoms with E-state index in [0.29, 0.717) is 17.2 Å². The number of non-ortho nitro benzene ring substituents is 1. The van der Waals surface area contributed by atoms with Gasteiger partial charge in [-0.05, 0) is 26.0 Å². The molecular weight excluding hydrogens is 352 g/mol. The number of nitrogens with zero attached hydrogens (tertiary/aromatic N) is 1. The van der Waals surface area contributed by atoms with E-state index in [2.05, 4.69) is 5.32 Å². The first-order valence-corrected chi connectivity index (χ1v) is 8.35. The van der Waals surface area contributed by atoms with E-state index in [-0.39, 0.29) is 23.6 Å². The van der Waals surface area contributed by atoms with Gasteiger partial charge in [-0.1, -0.05) is 12.1 Å². The summed E-state index contributed by atoms with van der Waals surface area (Å²) >= 11 is 0. The van der Waals surface area contributed by atoms with Crippen LogP contribution < -0.4 is 19.5 Å². The molecular formula is C19H20N2O6. The standard InChI is InChI=1S/C19H20N2O6/c1-19(2)10-12-5-4-6-15(18(12)27-19)26-11-17(22)20-14-8-7-13(21(23)24)9-16(14)25-3/h4-9H,10-11H2,1-3H3,(H,20,22). The number of nitro benzene ring substituents is 1. The van der Waals surface area contributed by atoms with Crippen molar-refractivity contribution in [1.29, 1.82) is 0 Å². The third-order valence-corrected chi connectivity index (χ3v) is 4.08. The molecule has 0 saturated carbocycles. The van der Waals surface area contributed by atoms with E-state index >= 15 is 0 Å². The van der Waals surface area contributed by atoms with Crippen LogP contribution in [0.15, 0.2) is 36.4 Å². The summed E-state index contributed by atoms with van der Waals surface area (Å²) in [5.41, 5.74) is 0.930. The van der Waals surface area contributed by atoms with Crippen molar-refractivity contribution in [3.63, 3.8) is 0 Å². The summed E-state index contributed by atoms with van der Waals surface area (Å²) in [6.45, 7) is 3.75. The molecule has 8 nitrogen and oxygen atoms in total. The number of ether oxygens (including phenoxy) is 3. The SMILES string of the molecule is COc1cc([N+](=O)[O-])ccc1NC(=O)COc1cccc2c1OC(C)(C)C2. The Morgan fingerprint density at radius 1 is 1.30 bits per heavy atom. The molecule has 1 heterocycles. The fourth-order valence-corrected chi connectivity index (χ4v) is 2.93. The molecule has 1 aliphatic rings. The predicted molar refractivity (Wildman–Crippen MR) is 98.6 cm³/mol. The van der Waals surface area contributed by atoms with Gasteiger partial charge in [0, 0.05) is 18.1 Å². The molecule has 142 valence electrons. The first kappa shape index (κ1) is 18.5. The number of methoxy groups -OCH3 is 1. The molecule has 0 unspecified atom stereocenters. The Kier molecular flexibility index (Phi) is 4.89. The van der Waals surface area contributed by atoms with Gasteiger partial charge in [-0.25, -0.2) is 0 Å². The first-order chi connectivity index (χ1) is 12.8. The van der Waals surface area contributed by atoms with Crippen LogP contribution in [0.3, 0.4) is 0 Å². The molecule has 1 aliphatic heterocycles. The van der Waals surface area contributed by atoms with Crippen molar-refractivity contribution < 1.29 is 23.9 Å². The number of nitro groups is 1. The summed E-state index contributed by atoms with van der Waals surface area (Å²) < 4.78 is 16.6. The van der Waals surface area contributed by atoms with Crippen LogP contribution in [-0.4, -0.2) is 30.1 Å². The summed E-state index contributed by atoms with van der Waals surface area (Å²) in [6, 6.07) is 9.53. The van der Waals surface area contributed by atoms with Crippen LogP contribution in [0.2, 0.25) is 0 Å². The van der Waals surface area contributed by atoms with E-state index in [4.69, 9.17) is 14.2 Å². The van der Waals surface area contributed by atoms with Crippen LogP contribution in [0.5, 0.6) is 17.2 Å². The maximum atomic E-state index is 12.2. The summed E-state index contributed by atoms with van der Waals surface area (Å²) in [5.74, 6) is 0.937. The average Bonchev–Trinajstić information content (AvgIpc) is 2.94. The fourth-order valence-electron chi connectivity index (χ4n) is 2.93. The summed E-state index contributed by atoms with van der Waals surface area (Å²) in [5, 5.41) is 13.5. The van der Waals surface area contributed by atoms with Crippen molar-refractivity contribution in [1.82, 2.24) is 0 Å². The molecule has 1 amide bonds. The maximum Gasteiger partial charge on any atom is 0.273 e. The highest BCUT2D eigenvalue weighted by Crippen LogP contribution is 2.41. The quantitative estimate of drug-likeness (QED) is 0.617. The average molecular weight is 372 g/mol. The lowest BCUT2D eigenvalue weighted by Gasteiger charge is -2.18. The van der Waals surface area contributed by atoms with Gasteiger partial charge in [0.05, 0.1) is 23.8 Å². The Labute approximate surface area is 156 Å². The number of anilines is 1. The fraction of sp³-hybridized carbons (Fsp3) is 0.316. The van der Waals surface area contributed by atoms with Crippen LogP contribution >= 0.6 is 0 Å². The number of para-hydroxylation sites is 1. The second kappa shape index (κ2) is 7.14. The Hall–Kier alpha value is -3.29. The van der Waals surface area contributed by atoms with E-state index in [1.165, 1.54) is 25.3 Å². The van der Waals surface area contributed by atoms with Gasteiger partial charge in [0.2, 0.25) is 0 Å². The minimum atomic E-state index is -0.533. The third kappa shape index (κ3) is 4.11. The van der Waals surface area contributed by atoms with Crippen LogP contribution in [-0.2, 0) is 11.2 Å². The Morgan fingerprint density at radius 3 is 2.78 bits per heavy atom. The van der Waals surface area contributed by atoms with Crippen molar-refractivity contribution in [3.05, 3.63) is 52.1 Å². The smallest absolute Gasteiger partial charge is 0.273 e. The van der Waals surface area contributed by atoms with E-state index in [1.54, 1.807) is 6.07 Å². The van der Waals surface area contributed by atoms with Gasteiger partial charge in [0.1, 0.15) is 11.4 Å². The van der Waals surface area contributed by atoms with Crippen LogP contribution in [0.1, 0.15) is 19.4 Å². The summed E-state index contributed by atoms with van der Waals surface area (Å²) in [4.78, 5) is 22.5. The highest BCUT2D eigenvalue weighted by atomic mass is 16.6. The van der Waals surface area contributed by atoms with Gasteiger partial charge in [0.25, 0.3) is 11.6 Å². The molecule has 27 heavy (non-hydrogen) atoms. The van der Waals surface area contributed by atoms with Gasteiger partial charge < -0.3 is 19.5 Å². The molecule has 0 atom stereocenters. The normalized spacial score (nSPS) is 14.0. The Balaban J connectivity index is 1.67. The number of carbonyl (C=O) groups is 1. The molecule has 0 spiro atoms. The lowest BCUT2D eigenvalue weighted by atomic mass is 10.0. The lowest BCUT2D eigenvalue weighted by molar-refractivity contribution is -0.384. The van der Waals surface area contributed by atoms with Crippen molar-refractivity contribution in [2.24, 2.45) is 0 Å². The Morgan fingerprint density at radius 2 is 2.07 bits per heavy atom. The zero-order valence-electron chi connectivity index (χ0n) is 15.3. The molecule has 1 N–H and O–H groups in total. The highest BCUT2D eigenvalue weighted by molar-refractivity contribution is 5.93. The number of nitrogens with one attached hydrogen (secondary N) is 1. The molecule has 0 aromatic heterocycles. The second-order valence-corrected chi connectivity index (χ2v) is 6.76. The van der Waals surface area contributed by atoms with Crippen molar-refractivity contribution >= 4 is 17.3 Å². The number of carbonyl (C=O) groups excluding carboxylic acids is 1. The molecule has 3 rings (SSSR count). The Bertz CT molecular complexity index is 894. The molecule has 0 fully saturated rings. The van der Waals surface area contributed by atoms with Crippen molar-refractivity contribution in [3.8, 4) is 17.2 Å². The zero-order valence-corrected chi connectivity index (χ0v) is 15.3. The highest BCUT2D eigenvalue weighted by Gasteiger charge is 2.32. The molecule has 0 aliphatic carbocycles. The zero-order chi connectivity index (χ0) is 19.6. The number of benzene rings is 2. The van der Waals surface area contributed by atoms with Crippen LogP contribution in [0.4, 0.5) is 11.4 Å². The van der Waals surface area contributed by atoms with E-state index in [9.17, 15) is 14.9 Å². The first-order valence-electron chi connectivity index (χ1n) is 8.35. The van der Waals surface area contributed by atoms with Crippen LogP contribution in [0, 0.1) is 10.1 Å². The third-order valence-electron chi connectivity index (χ3n) is 4.08. The van der Waals surface area contributed by atoms with Crippen LogP contribution in [0.25, 0.3) is 0 Å². The molecule has 0 bridgehead atoms. The summed E-state index contributed by atoms with van der Waals surface area (Å²) in [6.07, 6.45) is 0.770. The number of hydrogen-bond donors (Lipinski definition) is 1. The van der Waals surface area contributed by atoms with Gasteiger partial charge in [-0.3, -0.25) is 14.9 Å². The van der Waals surface area contributed by atoms with Crippen molar-refractivity contribution in [2.75, 3.05) is 19.0 Å². The lowest BCUT2D eigenvalue weighted by Crippen LogP contribution is -2.25. The van der Waals surface area contributed by atoms with Crippen molar-refractivity contribution in [2.45, 2.75) is 25.9 Å². The van der Waals surface area contributed by atoms with Gasteiger partial charge in [-0.15, -0.1) is 0 Å². The predicted octanol–water partition coefficient (Wildman–Crippen LogP) is 3.33. The van der Waals surface area contributed by atoms with Gasteiger partial charge >= 0.3 is 0 Å². The van der Waals surface area contributed by atoms with Gasteiger partial charge in [0.15, 0.2) is 18.1 Å². The number of rotatable bonds is 6. The maximum absolute atomic E-state index is 12.2. The van der Waals surface area contributed by atoms with E-state index < -0.39 is 10.8 Å². The number of hydrogen-bond acceptors (Lipinski definition) is 6. The molecule has 8 heteroatoms. The topological polar surface area (TPSA) is 99.9 Å². The minimum absolute atomic E-state index is 0.124. The molecule has 0 radical (unpaired) electrons. The molecule has 2 aromatic carbocycles. The second-order valence-electron chi connectivity index (χ2n) is 6.76.